The maximum atomic E-state index is 5.24. The number of hydrogen-bond donors (Lipinski definition) is 0. The SMILES string of the molecule is C#CC(C)C=CC(C)C=CCC. The summed E-state index contributed by atoms with van der Waals surface area (Å²) in [5.41, 5.74) is 0. The minimum Gasteiger partial charge on any atom is -0.119 e. The summed E-state index contributed by atoms with van der Waals surface area (Å²) >= 11 is 0. The molecular weight excluding hydrogens is 144 g/mol. The molecule has 0 rings (SSSR count). The molecular formula is C12H18. The predicted molar refractivity (Wildman–Crippen MR) is 55.7 cm³/mol. The number of terminal acetylenes is 1. The minimum atomic E-state index is 0.252. The molecule has 0 aliphatic carbocycles. The van der Waals surface area contributed by atoms with Crippen LogP contribution in [0.15, 0.2) is 24.3 Å². The zero-order valence-corrected chi connectivity index (χ0v) is 8.25. The van der Waals surface area contributed by atoms with Crippen LogP contribution in [0.1, 0.15) is 27.2 Å². The molecule has 0 bridgehead atoms. The summed E-state index contributed by atoms with van der Waals surface area (Å²) in [6.45, 7) is 6.32. The molecule has 0 aromatic rings. The van der Waals surface area contributed by atoms with Crippen LogP contribution in [-0.4, -0.2) is 0 Å². The molecule has 0 nitrogen and oxygen atoms in total. The van der Waals surface area contributed by atoms with Gasteiger partial charge in [-0.2, -0.15) is 0 Å². The summed E-state index contributed by atoms with van der Waals surface area (Å²) in [5, 5.41) is 0. The van der Waals surface area contributed by atoms with Gasteiger partial charge < -0.3 is 0 Å². The van der Waals surface area contributed by atoms with Gasteiger partial charge in [-0.15, -0.1) is 6.42 Å². The highest BCUT2D eigenvalue weighted by Crippen LogP contribution is 2.03. The highest BCUT2D eigenvalue weighted by Gasteiger charge is 1.91. The molecule has 2 unspecified atom stereocenters. The van der Waals surface area contributed by atoms with Crippen LogP contribution in [0.3, 0.4) is 0 Å². The van der Waals surface area contributed by atoms with Crippen LogP contribution < -0.4 is 0 Å². The van der Waals surface area contributed by atoms with Crippen molar-refractivity contribution in [2.75, 3.05) is 0 Å². The van der Waals surface area contributed by atoms with Crippen molar-refractivity contribution in [3.63, 3.8) is 0 Å². The van der Waals surface area contributed by atoms with Crippen LogP contribution in [0.4, 0.5) is 0 Å². The summed E-state index contributed by atoms with van der Waals surface area (Å²) < 4.78 is 0. The van der Waals surface area contributed by atoms with Crippen molar-refractivity contribution in [2.24, 2.45) is 11.8 Å². The molecule has 0 heterocycles. The molecule has 0 saturated carbocycles. The largest absolute Gasteiger partial charge is 0.119 e. The molecule has 0 aliphatic rings. The lowest BCUT2D eigenvalue weighted by atomic mass is 10.1. The smallest absolute Gasteiger partial charge is 0.0351 e. The summed E-state index contributed by atoms with van der Waals surface area (Å²) in [5.74, 6) is 3.42. The van der Waals surface area contributed by atoms with Crippen LogP contribution in [0.5, 0.6) is 0 Å². The van der Waals surface area contributed by atoms with E-state index in [1.807, 2.05) is 6.92 Å². The van der Waals surface area contributed by atoms with E-state index < -0.39 is 0 Å². The van der Waals surface area contributed by atoms with Gasteiger partial charge in [0.1, 0.15) is 0 Å². The first-order chi connectivity index (χ1) is 5.70. The van der Waals surface area contributed by atoms with E-state index in [0.717, 1.165) is 6.42 Å². The normalized spacial score (nSPS) is 16.5. The molecule has 12 heavy (non-hydrogen) atoms. The van der Waals surface area contributed by atoms with Crippen molar-refractivity contribution in [3.05, 3.63) is 24.3 Å². The Morgan fingerprint density at radius 2 is 1.92 bits per heavy atom. The van der Waals surface area contributed by atoms with Gasteiger partial charge in [-0.3, -0.25) is 0 Å². The molecule has 0 radical (unpaired) electrons. The fraction of sp³-hybridized carbons (Fsp3) is 0.500. The molecule has 0 aromatic heterocycles. The minimum absolute atomic E-state index is 0.252. The average molecular weight is 162 g/mol. The first kappa shape index (κ1) is 11.0. The van der Waals surface area contributed by atoms with Crippen molar-refractivity contribution in [2.45, 2.75) is 27.2 Å². The van der Waals surface area contributed by atoms with E-state index in [1.54, 1.807) is 0 Å². The Hall–Kier alpha value is -0.960. The highest BCUT2D eigenvalue weighted by molar-refractivity contribution is 5.06. The second-order valence-electron chi connectivity index (χ2n) is 3.04. The fourth-order valence-electron chi connectivity index (χ4n) is 0.812. The van der Waals surface area contributed by atoms with Crippen molar-refractivity contribution in [3.8, 4) is 12.3 Å². The lowest BCUT2D eigenvalue weighted by molar-refractivity contribution is 0.893. The van der Waals surface area contributed by atoms with Crippen molar-refractivity contribution >= 4 is 0 Å². The Bertz CT molecular complexity index is 191. The van der Waals surface area contributed by atoms with Gasteiger partial charge in [0, 0.05) is 5.92 Å². The molecule has 0 saturated heterocycles. The first-order valence-corrected chi connectivity index (χ1v) is 4.51. The van der Waals surface area contributed by atoms with Gasteiger partial charge in [0.05, 0.1) is 0 Å². The molecule has 0 spiro atoms. The van der Waals surface area contributed by atoms with Crippen molar-refractivity contribution < 1.29 is 0 Å². The summed E-state index contributed by atoms with van der Waals surface area (Å²) in [6, 6.07) is 0. The third-order valence-electron chi connectivity index (χ3n) is 1.64. The topological polar surface area (TPSA) is 0 Å². The lowest BCUT2D eigenvalue weighted by Crippen LogP contribution is -1.86. The van der Waals surface area contributed by atoms with Crippen LogP contribution in [0, 0.1) is 24.2 Å². The molecule has 2 atom stereocenters. The van der Waals surface area contributed by atoms with Gasteiger partial charge in [0.2, 0.25) is 0 Å². The molecule has 0 N–H and O–H groups in total. The quantitative estimate of drug-likeness (QED) is 0.439. The van der Waals surface area contributed by atoms with Crippen molar-refractivity contribution in [1.82, 2.24) is 0 Å². The van der Waals surface area contributed by atoms with Crippen molar-refractivity contribution in [1.29, 1.82) is 0 Å². The third-order valence-corrected chi connectivity index (χ3v) is 1.64. The fourth-order valence-corrected chi connectivity index (χ4v) is 0.812. The Balaban J connectivity index is 3.84. The number of allylic oxidation sites excluding steroid dienone is 4. The van der Waals surface area contributed by atoms with E-state index in [1.165, 1.54) is 0 Å². The summed E-state index contributed by atoms with van der Waals surface area (Å²) in [4.78, 5) is 0. The Kier molecular flexibility index (Phi) is 6.19. The standard InChI is InChI=1S/C12H18/c1-5-7-8-12(4)10-9-11(3)6-2/h2,7-12H,5H2,1,3-4H3. The summed E-state index contributed by atoms with van der Waals surface area (Å²) in [7, 11) is 0. The first-order valence-electron chi connectivity index (χ1n) is 4.51. The maximum absolute atomic E-state index is 5.24. The Morgan fingerprint density at radius 1 is 1.25 bits per heavy atom. The van der Waals surface area contributed by atoms with Crippen LogP contribution in [0.2, 0.25) is 0 Å². The van der Waals surface area contributed by atoms with Gasteiger partial charge >= 0.3 is 0 Å². The molecule has 0 fully saturated rings. The Morgan fingerprint density at radius 3 is 2.42 bits per heavy atom. The van der Waals surface area contributed by atoms with Crippen LogP contribution >= 0.6 is 0 Å². The zero-order chi connectivity index (χ0) is 9.40. The highest BCUT2D eigenvalue weighted by atomic mass is 14.0. The molecule has 0 amide bonds. The number of rotatable bonds is 4. The molecule has 66 valence electrons. The van der Waals surface area contributed by atoms with E-state index in [0.29, 0.717) is 5.92 Å². The van der Waals surface area contributed by atoms with Gasteiger partial charge in [0.25, 0.3) is 0 Å². The lowest BCUT2D eigenvalue weighted by Gasteiger charge is -1.98. The average Bonchev–Trinajstić information content (AvgIpc) is 2.10. The molecule has 0 heteroatoms. The second kappa shape index (κ2) is 6.73. The maximum Gasteiger partial charge on any atom is 0.0351 e. The second-order valence-corrected chi connectivity index (χ2v) is 3.04. The van der Waals surface area contributed by atoms with Gasteiger partial charge in [-0.1, -0.05) is 44.1 Å². The van der Waals surface area contributed by atoms with E-state index in [9.17, 15) is 0 Å². The summed E-state index contributed by atoms with van der Waals surface area (Å²) in [6.07, 6.45) is 14.9. The van der Waals surface area contributed by atoms with Crippen LogP contribution in [0.25, 0.3) is 0 Å². The van der Waals surface area contributed by atoms with E-state index >= 15 is 0 Å². The van der Waals surface area contributed by atoms with Crippen LogP contribution in [-0.2, 0) is 0 Å². The number of hydrogen-bond acceptors (Lipinski definition) is 0. The van der Waals surface area contributed by atoms with E-state index in [2.05, 4.69) is 44.1 Å². The zero-order valence-electron chi connectivity index (χ0n) is 8.25. The molecule has 0 aliphatic heterocycles. The third kappa shape index (κ3) is 5.80. The Labute approximate surface area is 76.4 Å². The monoisotopic (exact) mass is 162 g/mol. The molecule has 0 aromatic carbocycles. The van der Waals surface area contributed by atoms with Gasteiger partial charge in [0.15, 0.2) is 0 Å². The van der Waals surface area contributed by atoms with E-state index in [4.69, 9.17) is 6.42 Å². The predicted octanol–water partition coefficient (Wildman–Crippen LogP) is 3.41. The van der Waals surface area contributed by atoms with Gasteiger partial charge in [-0.25, -0.2) is 0 Å². The van der Waals surface area contributed by atoms with Gasteiger partial charge in [-0.05, 0) is 19.3 Å². The van der Waals surface area contributed by atoms with E-state index in [-0.39, 0.29) is 5.92 Å².